The molecule has 0 aliphatic carbocycles. The third-order valence-corrected chi connectivity index (χ3v) is 3.99. The van der Waals surface area contributed by atoms with Crippen molar-refractivity contribution in [2.24, 2.45) is 5.92 Å². The Morgan fingerprint density at radius 2 is 1.81 bits per heavy atom. The Morgan fingerprint density at radius 3 is 2.41 bits per heavy atom. The summed E-state index contributed by atoms with van der Waals surface area (Å²) in [6, 6.07) is 12.0. The normalized spacial score (nSPS) is 11.4. The minimum atomic E-state index is -1.13. The lowest BCUT2D eigenvalue weighted by Crippen LogP contribution is -2.22. The number of anilines is 1. The molecule has 0 aliphatic heterocycles. The number of benzene rings is 2. The average Bonchev–Trinajstić information content (AvgIpc) is 2.67. The van der Waals surface area contributed by atoms with Crippen LogP contribution < -0.4 is 19.5 Å². The topological polar surface area (TPSA) is 94.1 Å². The van der Waals surface area contributed by atoms with Gasteiger partial charge >= 0.3 is 5.97 Å². The molecular formula is C20H23NO6. The van der Waals surface area contributed by atoms with Crippen LogP contribution >= 0.6 is 0 Å². The highest BCUT2D eigenvalue weighted by molar-refractivity contribution is 5.97. The van der Waals surface area contributed by atoms with Gasteiger partial charge in [0.2, 0.25) is 5.91 Å². The van der Waals surface area contributed by atoms with Crippen molar-refractivity contribution in [3.8, 4) is 17.2 Å². The van der Waals surface area contributed by atoms with E-state index in [1.807, 2.05) is 30.3 Å². The van der Waals surface area contributed by atoms with Gasteiger partial charge in [-0.3, -0.25) is 4.79 Å². The average molecular weight is 373 g/mol. The Bertz CT molecular complexity index is 791. The molecule has 2 rings (SSSR count). The number of aromatic carboxylic acids is 1. The smallest absolute Gasteiger partial charge is 0.335 e. The summed E-state index contributed by atoms with van der Waals surface area (Å²) in [5.74, 6) is -0.509. The highest BCUT2D eigenvalue weighted by Gasteiger charge is 2.20. The molecule has 7 nitrogen and oxygen atoms in total. The van der Waals surface area contributed by atoms with Crippen molar-refractivity contribution < 1.29 is 28.9 Å². The fraction of sp³-hybridized carbons (Fsp3) is 0.300. The molecule has 27 heavy (non-hydrogen) atoms. The SMILES string of the molecule is COc1cc(C(=O)O)cc(NC(=O)C(C)CCOc2ccccc2)c1OC. The van der Waals surface area contributed by atoms with Crippen LogP contribution in [0.3, 0.4) is 0 Å². The van der Waals surface area contributed by atoms with Gasteiger partial charge < -0.3 is 24.6 Å². The molecule has 1 unspecified atom stereocenters. The number of methoxy groups -OCH3 is 2. The van der Waals surface area contributed by atoms with Crippen molar-refractivity contribution in [2.75, 3.05) is 26.1 Å². The second kappa shape index (κ2) is 9.47. The van der Waals surface area contributed by atoms with Crippen molar-refractivity contribution in [1.29, 1.82) is 0 Å². The second-order valence-corrected chi connectivity index (χ2v) is 5.90. The van der Waals surface area contributed by atoms with Gasteiger partial charge in [0.15, 0.2) is 11.5 Å². The largest absolute Gasteiger partial charge is 0.494 e. The number of hydrogen-bond acceptors (Lipinski definition) is 5. The van der Waals surface area contributed by atoms with E-state index in [1.165, 1.54) is 26.4 Å². The molecule has 0 aromatic heterocycles. The molecule has 144 valence electrons. The first-order valence-corrected chi connectivity index (χ1v) is 8.44. The zero-order valence-corrected chi connectivity index (χ0v) is 15.5. The van der Waals surface area contributed by atoms with Gasteiger partial charge in [-0.2, -0.15) is 0 Å². The minimum absolute atomic E-state index is 0.0111. The lowest BCUT2D eigenvalue weighted by Gasteiger charge is -2.17. The van der Waals surface area contributed by atoms with Crippen molar-refractivity contribution in [1.82, 2.24) is 0 Å². The highest BCUT2D eigenvalue weighted by Crippen LogP contribution is 2.37. The fourth-order valence-corrected chi connectivity index (χ4v) is 2.44. The van der Waals surface area contributed by atoms with Gasteiger partial charge in [0.05, 0.1) is 32.1 Å². The van der Waals surface area contributed by atoms with E-state index in [0.29, 0.717) is 13.0 Å². The van der Waals surface area contributed by atoms with Crippen molar-refractivity contribution >= 4 is 17.6 Å². The summed E-state index contributed by atoms with van der Waals surface area (Å²) in [5, 5.41) is 12.0. The van der Waals surface area contributed by atoms with Crippen molar-refractivity contribution in [3.63, 3.8) is 0 Å². The van der Waals surface area contributed by atoms with E-state index in [-0.39, 0.29) is 34.6 Å². The Morgan fingerprint density at radius 1 is 1.11 bits per heavy atom. The standard InChI is InChI=1S/C20H23NO6/c1-13(9-10-27-15-7-5-4-6-8-15)19(22)21-16-11-14(20(23)24)12-17(25-2)18(16)26-3/h4-8,11-13H,9-10H2,1-3H3,(H,21,22)(H,23,24). The van der Waals surface area contributed by atoms with Crippen LogP contribution in [0.2, 0.25) is 0 Å². The molecule has 2 aromatic rings. The van der Waals surface area contributed by atoms with Crippen LogP contribution in [-0.4, -0.2) is 37.8 Å². The van der Waals surface area contributed by atoms with Crippen LogP contribution in [0.15, 0.2) is 42.5 Å². The van der Waals surface area contributed by atoms with Gasteiger partial charge in [0.25, 0.3) is 0 Å². The molecule has 0 bridgehead atoms. The van der Waals surface area contributed by atoms with E-state index in [4.69, 9.17) is 14.2 Å². The molecule has 0 aliphatic rings. The van der Waals surface area contributed by atoms with Crippen LogP contribution in [0.5, 0.6) is 17.2 Å². The van der Waals surface area contributed by atoms with Gasteiger partial charge in [-0.15, -0.1) is 0 Å². The first-order chi connectivity index (χ1) is 13.0. The summed E-state index contributed by atoms with van der Waals surface area (Å²) >= 11 is 0. The molecule has 1 atom stereocenters. The maximum atomic E-state index is 12.5. The number of carboxylic acid groups (broad SMARTS) is 1. The number of amides is 1. The zero-order chi connectivity index (χ0) is 19.8. The molecule has 1 amide bonds. The van der Waals surface area contributed by atoms with E-state index >= 15 is 0 Å². The number of carboxylic acids is 1. The third-order valence-electron chi connectivity index (χ3n) is 3.99. The van der Waals surface area contributed by atoms with Crippen molar-refractivity contribution in [2.45, 2.75) is 13.3 Å². The predicted molar refractivity (Wildman–Crippen MR) is 101 cm³/mol. The maximum absolute atomic E-state index is 12.5. The van der Waals surface area contributed by atoms with Crippen LogP contribution in [0, 0.1) is 5.92 Å². The summed E-state index contributed by atoms with van der Waals surface area (Å²) in [4.78, 5) is 23.8. The molecule has 0 saturated heterocycles. The van der Waals surface area contributed by atoms with Gasteiger partial charge in [0, 0.05) is 5.92 Å². The van der Waals surface area contributed by atoms with Gasteiger partial charge in [-0.25, -0.2) is 4.79 Å². The summed E-state index contributed by atoms with van der Waals surface area (Å²) in [6.07, 6.45) is 0.499. The van der Waals surface area contributed by atoms with E-state index in [1.54, 1.807) is 6.92 Å². The number of para-hydroxylation sites is 1. The van der Waals surface area contributed by atoms with E-state index in [2.05, 4.69) is 5.32 Å². The second-order valence-electron chi connectivity index (χ2n) is 5.90. The Hall–Kier alpha value is -3.22. The maximum Gasteiger partial charge on any atom is 0.335 e. The van der Waals surface area contributed by atoms with E-state index in [0.717, 1.165) is 5.75 Å². The quantitative estimate of drug-likeness (QED) is 0.699. The lowest BCUT2D eigenvalue weighted by molar-refractivity contribution is -0.119. The number of rotatable bonds is 9. The molecule has 0 spiro atoms. The van der Waals surface area contributed by atoms with Crippen LogP contribution in [0.1, 0.15) is 23.7 Å². The Kier molecular flexibility index (Phi) is 7.05. The number of nitrogens with one attached hydrogen (secondary N) is 1. The van der Waals surface area contributed by atoms with E-state index in [9.17, 15) is 14.7 Å². The fourth-order valence-electron chi connectivity index (χ4n) is 2.44. The number of carbonyl (C=O) groups is 2. The van der Waals surface area contributed by atoms with Gasteiger partial charge in [-0.05, 0) is 30.7 Å². The Labute approximate surface area is 157 Å². The molecule has 0 fully saturated rings. The highest BCUT2D eigenvalue weighted by atomic mass is 16.5. The molecular weight excluding hydrogens is 350 g/mol. The first-order valence-electron chi connectivity index (χ1n) is 8.44. The first kappa shape index (κ1) is 20.1. The summed E-state index contributed by atoms with van der Waals surface area (Å²) in [5.41, 5.74) is 0.234. The number of hydrogen-bond donors (Lipinski definition) is 2. The minimum Gasteiger partial charge on any atom is -0.494 e. The number of carbonyl (C=O) groups excluding carboxylic acids is 1. The molecule has 0 radical (unpaired) electrons. The zero-order valence-electron chi connectivity index (χ0n) is 15.5. The third kappa shape index (κ3) is 5.37. The summed E-state index contributed by atoms with van der Waals surface area (Å²) < 4.78 is 16.0. The van der Waals surface area contributed by atoms with E-state index < -0.39 is 5.97 Å². The predicted octanol–water partition coefficient (Wildman–Crippen LogP) is 3.45. The lowest BCUT2D eigenvalue weighted by atomic mass is 10.1. The van der Waals surface area contributed by atoms with Crippen LogP contribution in [0.4, 0.5) is 5.69 Å². The van der Waals surface area contributed by atoms with Gasteiger partial charge in [0.1, 0.15) is 5.75 Å². The summed E-state index contributed by atoms with van der Waals surface area (Å²) in [7, 11) is 2.82. The van der Waals surface area contributed by atoms with Crippen LogP contribution in [0.25, 0.3) is 0 Å². The molecule has 7 heteroatoms. The summed E-state index contributed by atoms with van der Waals surface area (Å²) in [6.45, 7) is 2.16. The Balaban J connectivity index is 2.04. The van der Waals surface area contributed by atoms with Crippen molar-refractivity contribution in [3.05, 3.63) is 48.0 Å². The number of ether oxygens (including phenoxy) is 3. The molecule has 0 saturated carbocycles. The molecule has 2 N–H and O–H groups in total. The van der Waals surface area contributed by atoms with Crippen LogP contribution in [-0.2, 0) is 4.79 Å². The monoisotopic (exact) mass is 373 g/mol. The van der Waals surface area contributed by atoms with Gasteiger partial charge in [-0.1, -0.05) is 25.1 Å². The molecule has 0 heterocycles. The molecule has 2 aromatic carbocycles.